The van der Waals surface area contributed by atoms with Crippen molar-refractivity contribution in [3.63, 3.8) is 0 Å². The van der Waals surface area contributed by atoms with Gasteiger partial charge in [-0.3, -0.25) is 0 Å². The molecule has 0 bridgehead atoms. The molecule has 4 nitrogen and oxygen atoms in total. The standard InChI is InChI=1S/C12H29N3O/c13-7-1-3-9-15(10-4-2-8-14)11-5-6-12-16/h16H,1-14H2. The molecule has 0 aromatic rings. The molecule has 4 heteroatoms. The third-order valence-corrected chi connectivity index (χ3v) is 2.74. The molecule has 0 radical (unpaired) electrons. The molecule has 0 spiro atoms. The van der Waals surface area contributed by atoms with Gasteiger partial charge in [0.25, 0.3) is 0 Å². The third-order valence-electron chi connectivity index (χ3n) is 2.74. The molecule has 0 aromatic carbocycles. The Hall–Kier alpha value is -0.160. The summed E-state index contributed by atoms with van der Waals surface area (Å²) in [5, 5.41) is 8.76. The van der Waals surface area contributed by atoms with Gasteiger partial charge in [-0.25, -0.2) is 0 Å². The molecule has 5 N–H and O–H groups in total. The summed E-state index contributed by atoms with van der Waals surface area (Å²) >= 11 is 0. The lowest BCUT2D eigenvalue weighted by atomic mass is 10.2. The van der Waals surface area contributed by atoms with Gasteiger partial charge in [-0.1, -0.05) is 0 Å². The van der Waals surface area contributed by atoms with Gasteiger partial charge in [0.2, 0.25) is 0 Å². The maximum Gasteiger partial charge on any atom is 0.0431 e. The first kappa shape index (κ1) is 15.8. The number of nitrogens with two attached hydrogens (primary N) is 2. The summed E-state index contributed by atoms with van der Waals surface area (Å²) in [5.74, 6) is 0. The average molecular weight is 231 g/mol. The van der Waals surface area contributed by atoms with Crippen LogP contribution in [0.1, 0.15) is 38.5 Å². The first-order valence-corrected chi connectivity index (χ1v) is 6.58. The Morgan fingerprint density at radius 1 is 0.688 bits per heavy atom. The summed E-state index contributed by atoms with van der Waals surface area (Å²) in [7, 11) is 0. The molecule has 0 fully saturated rings. The third kappa shape index (κ3) is 10.4. The number of hydrogen-bond donors (Lipinski definition) is 3. The van der Waals surface area contributed by atoms with E-state index in [1.54, 1.807) is 0 Å². The highest BCUT2D eigenvalue weighted by Gasteiger charge is 2.03. The molecule has 0 atom stereocenters. The Kier molecular flexibility index (Phi) is 12.8. The Bertz CT molecular complexity index is 110. The van der Waals surface area contributed by atoms with Gasteiger partial charge in [-0.2, -0.15) is 0 Å². The van der Waals surface area contributed by atoms with E-state index in [1.807, 2.05) is 0 Å². The zero-order valence-corrected chi connectivity index (χ0v) is 10.5. The lowest BCUT2D eigenvalue weighted by molar-refractivity contribution is 0.236. The van der Waals surface area contributed by atoms with E-state index in [1.165, 1.54) is 12.8 Å². The van der Waals surface area contributed by atoms with Gasteiger partial charge in [0.1, 0.15) is 0 Å². The number of aliphatic hydroxyl groups excluding tert-OH is 1. The molecule has 0 amide bonds. The second-order valence-corrected chi connectivity index (χ2v) is 4.26. The maximum absolute atomic E-state index is 8.76. The highest BCUT2D eigenvalue weighted by molar-refractivity contribution is 4.59. The smallest absolute Gasteiger partial charge is 0.0431 e. The van der Waals surface area contributed by atoms with Crippen LogP contribution in [-0.2, 0) is 0 Å². The Balaban J connectivity index is 3.58. The maximum atomic E-state index is 8.76. The van der Waals surface area contributed by atoms with Crippen molar-refractivity contribution >= 4 is 0 Å². The lowest BCUT2D eigenvalue weighted by Crippen LogP contribution is -2.28. The van der Waals surface area contributed by atoms with Gasteiger partial charge in [0.15, 0.2) is 0 Å². The number of unbranched alkanes of at least 4 members (excludes halogenated alkanes) is 3. The van der Waals surface area contributed by atoms with Crippen LogP contribution in [-0.4, -0.2) is 49.3 Å². The van der Waals surface area contributed by atoms with Crippen molar-refractivity contribution in [1.29, 1.82) is 0 Å². The quantitative estimate of drug-likeness (QED) is 0.429. The van der Waals surface area contributed by atoms with Crippen molar-refractivity contribution in [1.82, 2.24) is 4.90 Å². The van der Waals surface area contributed by atoms with Gasteiger partial charge < -0.3 is 21.5 Å². The van der Waals surface area contributed by atoms with Crippen molar-refractivity contribution in [2.24, 2.45) is 11.5 Å². The first-order chi connectivity index (χ1) is 7.85. The van der Waals surface area contributed by atoms with Crippen molar-refractivity contribution in [2.75, 3.05) is 39.3 Å². The normalized spacial score (nSPS) is 11.2. The summed E-state index contributed by atoms with van der Waals surface area (Å²) in [6.45, 7) is 5.23. The van der Waals surface area contributed by atoms with Crippen LogP contribution >= 0.6 is 0 Å². The minimum Gasteiger partial charge on any atom is -0.396 e. The molecule has 0 aromatic heterocycles. The van der Waals surface area contributed by atoms with Crippen molar-refractivity contribution in [3.8, 4) is 0 Å². The largest absolute Gasteiger partial charge is 0.396 e. The summed E-state index contributed by atoms with van der Waals surface area (Å²) in [6.07, 6.45) is 6.56. The minimum atomic E-state index is 0.305. The molecule has 0 heterocycles. The van der Waals surface area contributed by atoms with E-state index in [4.69, 9.17) is 16.6 Å². The van der Waals surface area contributed by atoms with Crippen molar-refractivity contribution < 1.29 is 5.11 Å². The fraction of sp³-hybridized carbons (Fsp3) is 1.00. The monoisotopic (exact) mass is 231 g/mol. The molecule has 16 heavy (non-hydrogen) atoms. The molecule has 0 aliphatic heterocycles. The van der Waals surface area contributed by atoms with Crippen LogP contribution in [0.25, 0.3) is 0 Å². The van der Waals surface area contributed by atoms with Crippen LogP contribution in [0.4, 0.5) is 0 Å². The molecular formula is C12H29N3O. The van der Waals surface area contributed by atoms with Crippen LogP contribution in [0.5, 0.6) is 0 Å². The fourth-order valence-electron chi connectivity index (χ4n) is 1.74. The van der Waals surface area contributed by atoms with Gasteiger partial charge in [-0.15, -0.1) is 0 Å². The topological polar surface area (TPSA) is 75.5 Å². The summed E-state index contributed by atoms with van der Waals surface area (Å²) in [4.78, 5) is 2.47. The summed E-state index contributed by atoms with van der Waals surface area (Å²) in [6, 6.07) is 0. The number of nitrogens with zero attached hydrogens (tertiary/aromatic N) is 1. The summed E-state index contributed by atoms with van der Waals surface area (Å²) < 4.78 is 0. The highest BCUT2D eigenvalue weighted by Crippen LogP contribution is 2.01. The van der Waals surface area contributed by atoms with Gasteiger partial charge in [0, 0.05) is 6.61 Å². The van der Waals surface area contributed by atoms with Crippen LogP contribution < -0.4 is 11.5 Å². The van der Waals surface area contributed by atoms with Crippen LogP contribution in [0.3, 0.4) is 0 Å². The SMILES string of the molecule is NCCCCN(CCCCN)CCCCO. The van der Waals surface area contributed by atoms with Crippen LogP contribution in [0.2, 0.25) is 0 Å². The summed E-state index contributed by atoms with van der Waals surface area (Å²) in [5.41, 5.74) is 11.0. The van der Waals surface area contributed by atoms with E-state index in [0.717, 1.165) is 58.4 Å². The predicted octanol–water partition coefficient (Wildman–Crippen LogP) is 0.539. The molecule has 0 saturated carbocycles. The number of hydrogen-bond acceptors (Lipinski definition) is 4. The Morgan fingerprint density at radius 3 is 1.50 bits per heavy atom. The van der Waals surface area contributed by atoms with E-state index in [2.05, 4.69) is 4.90 Å². The van der Waals surface area contributed by atoms with Crippen molar-refractivity contribution in [3.05, 3.63) is 0 Å². The molecule has 0 rings (SSSR count). The highest BCUT2D eigenvalue weighted by atomic mass is 16.2. The molecular weight excluding hydrogens is 202 g/mol. The zero-order valence-electron chi connectivity index (χ0n) is 10.5. The molecule has 0 unspecified atom stereocenters. The van der Waals surface area contributed by atoms with Crippen LogP contribution in [0.15, 0.2) is 0 Å². The van der Waals surface area contributed by atoms with E-state index in [9.17, 15) is 0 Å². The lowest BCUT2D eigenvalue weighted by Gasteiger charge is -2.22. The van der Waals surface area contributed by atoms with E-state index >= 15 is 0 Å². The van der Waals surface area contributed by atoms with Crippen molar-refractivity contribution in [2.45, 2.75) is 38.5 Å². The van der Waals surface area contributed by atoms with Gasteiger partial charge in [0.05, 0.1) is 0 Å². The van der Waals surface area contributed by atoms with Gasteiger partial charge in [-0.05, 0) is 71.2 Å². The molecule has 98 valence electrons. The number of rotatable bonds is 12. The fourth-order valence-corrected chi connectivity index (χ4v) is 1.74. The Labute approximate surface area is 100.0 Å². The molecule has 0 aliphatic rings. The predicted molar refractivity (Wildman–Crippen MR) is 69.3 cm³/mol. The van der Waals surface area contributed by atoms with E-state index in [-0.39, 0.29) is 0 Å². The van der Waals surface area contributed by atoms with Crippen LogP contribution in [0, 0.1) is 0 Å². The number of aliphatic hydroxyl groups is 1. The zero-order chi connectivity index (χ0) is 12.1. The molecule has 0 saturated heterocycles. The van der Waals surface area contributed by atoms with Gasteiger partial charge >= 0.3 is 0 Å². The second kappa shape index (κ2) is 12.9. The average Bonchev–Trinajstić information content (AvgIpc) is 2.29. The minimum absolute atomic E-state index is 0.305. The second-order valence-electron chi connectivity index (χ2n) is 4.26. The Morgan fingerprint density at radius 2 is 1.12 bits per heavy atom. The van der Waals surface area contributed by atoms with E-state index in [0.29, 0.717) is 6.61 Å². The first-order valence-electron chi connectivity index (χ1n) is 6.58. The van der Waals surface area contributed by atoms with E-state index < -0.39 is 0 Å². The molecule has 0 aliphatic carbocycles.